The van der Waals surface area contributed by atoms with Crippen LogP contribution in [0, 0.1) is 0 Å². The molecule has 0 aromatic heterocycles. The molecule has 0 bridgehead atoms. The van der Waals surface area contributed by atoms with Gasteiger partial charge in [-0.15, -0.1) is 0 Å². The van der Waals surface area contributed by atoms with E-state index in [1.807, 2.05) is 0 Å². The van der Waals surface area contributed by atoms with E-state index in [0.29, 0.717) is 0 Å². The molecule has 10 heteroatoms. The summed E-state index contributed by atoms with van der Waals surface area (Å²) in [5.41, 5.74) is 8.49. The maximum atomic E-state index is 11.2. The Morgan fingerprint density at radius 1 is 1.05 bits per heavy atom. The van der Waals surface area contributed by atoms with Crippen molar-refractivity contribution in [1.29, 1.82) is 0 Å². The van der Waals surface area contributed by atoms with Gasteiger partial charge in [0.05, 0.1) is 6.61 Å². The van der Waals surface area contributed by atoms with Gasteiger partial charge in [-0.3, -0.25) is 14.4 Å². The first-order chi connectivity index (χ1) is 9.85. The fraction of sp³-hybridized carbons (Fsp3) is 0.727. The van der Waals surface area contributed by atoms with Gasteiger partial charge >= 0.3 is 17.9 Å². The summed E-state index contributed by atoms with van der Waals surface area (Å²) in [6.45, 7) is 3.28. The largest absolute Gasteiger partial charge is 0.456 e. The van der Waals surface area contributed by atoms with Gasteiger partial charge in [0.2, 0.25) is 0 Å². The van der Waals surface area contributed by atoms with E-state index >= 15 is 0 Å². The predicted molar refractivity (Wildman–Crippen MR) is 65.5 cm³/mol. The van der Waals surface area contributed by atoms with Gasteiger partial charge in [-0.05, 0) is 5.53 Å². The Labute approximate surface area is 119 Å². The SMILES string of the molecule is CC(=O)O[C@@H]1[C@H](OC(C)=O)[C@@H](N=[N+]=[N-])OC[C@@H]1OC(C)=O. The predicted octanol–water partition coefficient (Wildman–Crippen LogP) is 0.448. The summed E-state index contributed by atoms with van der Waals surface area (Å²) in [5.74, 6) is -1.98. The van der Waals surface area contributed by atoms with Crippen molar-refractivity contribution in [3.05, 3.63) is 10.4 Å². The first-order valence-electron chi connectivity index (χ1n) is 6.02. The van der Waals surface area contributed by atoms with E-state index in [4.69, 9.17) is 24.5 Å². The Balaban J connectivity index is 3.05. The van der Waals surface area contributed by atoms with Gasteiger partial charge in [0.1, 0.15) is 0 Å². The van der Waals surface area contributed by atoms with Crippen LogP contribution >= 0.6 is 0 Å². The highest BCUT2D eigenvalue weighted by Gasteiger charge is 2.46. The molecule has 1 saturated heterocycles. The van der Waals surface area contributed by atoms with Crippen molar-refractivity contribution in [2.24, 2.45) is 5.11 Å². The second-order valence-electron chi connectivity index (χ2n) is 4.22. The first kappa shape index (κ1) is 16.7. The Morgan fingerprint density at radius 2 is 1.57 bits per heavy atom. The molecule has 0 unspecified atom stereocenters. The molecule has 21 heavy (non-hydrogen) atoms. The molecule has 0 aromatic rings. The number of rotatable bonds is 4. The number of carbonyl (C=O) groups excluding carboxylic acids is 3. The summed E-state index contributed by atoms with van der Waals surface area (Å²) in [7, 11) is 0. The number of ether oxygens (including phenoxy) is 4. The molecule has 0 saturated carbocycles. The minimum absolute atomic E-state index is 0.168. The number of carbonyl (C=O) groups is 3. The summed E-state index contributed by atoms with van der Waals surface area (Å²) >= 11 is 0. The molecule has 116 valence electrons. The Bertz CT molecular complexity index is 474. The zero-order chi connectivity index (χ0) is 16.0. The van der Waals surface area contributed by atoms with E-state index in [9.17, 15) is 14.4 Å². The normalized spacial score (nSPS) is 28.0. The molecule has 0 aromatic carbocycles. The Morgan fingerprint density at radius 3 is 2.05 bits per heavy atom. The van der Waals surface area contributed by atoms with Gasteiger partial charge in [-0.1, -0.05) is 5.11 Å². The van der Waals surface area contributed by atoms with Crippen LogP contribution in [0.1, 0.15) is 20.8 Å². The number of esters is 3. The van der Waals surface area contributed by atoms with Gasteiger partial charge in [0, 0.05) is 25.7 Å². The van der Waals surface area contributed by atoms with Crippen molar-refractivity contribution in [3.8, 4) is 0 Å². The summed E-state index contributed by atoms with van der Waals surface area (Å²) in [4.78, 5) is 36.0. The second-order valence-corrected chi connectivity index (χ2v) is 4.22. The third-order valence-corrected chi connectivity index (χ3v) is 2.49. The molecule has 1 fully saturated rings. The maximum absolute atomic E-state index is 11.2. The van der Waals surface area contributed by atoms with Crippen molar-refractivity contribution in [2.75, 3.05) is 6.61 Å². The van der Waals surface area contributed by atoms with Crippen molar-refractivity contribution >= 4 is 17.9 Å². The number of hydrogen-bond acceptors (Lipinski definition) is 8. The average Bonchev–Trinajstić information content (AvgIpc) is 2.35. The molecular weight excluding hydrogens is 286 g/mol. The highest BCUT2D eigenvalue weighted by Crippen LogP contribution is 2.25. The molecule has 0 aliphatic carbocycles. The molecule has 0 amide bonds. The number of nitrogens with zero attached hydrogens (tertiary/aromatic N) is 3. The summed E-state index contributed by atoms with van der Waals surface area (Å²) in [6, 6.07) is 0. The van der Waals surface area contributed by atoms with Crippen LogP contribution in [-0.2, 0) is 33.3 Å². The van der Waals surface area contributed by atoms with E-state index in [0.717, 1.165) is 13.8 Å². The van der Waals surface area contributed by atoms with Crippen LogP contribution in [0.15, 0.2) is 5.11 Å². The maximum Gasteiger partial charge on any atom is 0.303 e. The lowest BCUT2D eigenvalue weighted by Crippen LogP contribution is -2.56. The van der Waals surface area contributed by atoms with Crippen LogP contribution in [0.4, 0.5) is 0 Å². The lowest BCUT2D eigenvalue weighted by atomic mass is 10.0. The van der Waals surface area contributed by atoms with Gasteiger partial charge in [0.25, 0.3) is 0 Å². The van der Waals surface area contributed by atoms with Gasteiger partial charge in [0.15, 0.2) is 24.5 Å². The van der Waals surface area contributed by atoms with E-state index in [1.54, 1.807) is 0 Å². The topological polar surface area (TPSA) is 137 Å². The van der Waals surface area contributed by atoms with E-state index in [1.165, 1.54) is 6.92 Å². The molecule has 1 aliphatic rings. The zero-order valence-electron chi connectivity index (χ0n) is 11.7. The Hall–Kier alpha value is -2.32. The highest BCUT2D eigenvalue weighted by atomic mass is 16.6. The first-order valence-corrected chi connectivity index (χ1v) is 6.02. The molecule has 0 N–H and O–H groups in total. The Kier molecular flexibility index (Phi) is 5.94. The van der Waals surface area contributed by atoms with E-state index in [2.05, 4.69) is 10.0 Å². The molecule has 4 atom stereocenters. The molecule has 1 aliphatic heterocycles. The third-order valence-electron chi connectivity index (χ3n) is 2.49. The van der Waals surface area contributed by atoms with Crippen molar-refractivity contribution in [3.63, 3.8) is 0 Å². The van der Waals surface area contributed by atoms with Crippen LogP contribution in [0.2, 0.25) is 0 Å². The van der Waals surface area contributed by atoms with E-state index in [-0.39, 0.29) is 6.61 Å². The van der Waals surface area contributed by atoms with Crippen LogP contribution in [0.25, 0.3) is 10.4 Å². The van der Waals surface area contributed by atoms with Crippen molar-refractivity contribution < 1.29 is 33.3 Å². The minimum atomic E-state index is -1.21. The summed E-state index contributed by atoms with van der Waals surface area (Å²) in [6.07, 6.45) is -4.49. The molecule has 0 spiro atoms. The third kappa shape index (κ3) is 4.93. The van der Waals surface area contributed by atoms with Crippen molar-refractivity contribution in [1.82, 2.24) is 0 Å². The zero-order valence-corrected chi connectivity index (χ0v) is 11.7. The molecule has 10 nitrogen and oxygen atoms in total. The minimum Gasteiger partial charge on any atom is -0.456 e. The molecular formula is C11H15N3O7. The fourth-order valence-electron chi connectivity index (χ4n) is 1.87. The second kappa shape index (κ2) is 7.46. The smallest absolute Gasteiger partial charge is 0.303 e. The van der Waals surface area contributed by atoms with E-state index < -0.39 is 42.4 Å². The highest BCUT2D eigenvalue weighted by molar-refractivity contribution is 5.68. The number of hydrogen-bond donors (Lipinski definition) is 0. The molecule has 1 heterocycles. The fourth-order valence-corrected chi connectivity index (χ4v) is 1.87. The van der Waals surface area contributed by atoms with Crippen LogP contribution in [0.5, 0.6) is 0 Å². The van der Waals surface area contributed by atoms with Gasteiger partial charge in [-0.2, -0.15) is 0 Å². The molecule has 0 radical (unpaired) electrons. The monoisotopic (exact) mass is 301 g/mol. The lowest BCUT2D eigenvalue weighted by Gasteiger charge is -2.38. The van der Waals surface area contributed by atoms with Crippen molar-refractivity contribution in [2.45, 2.75) is 45.3 Å². The van der Waals surface area contributed by atoms with Crippen LogP contribution < -0.4 is 0 Å². The van der Waals surface area contributed by atoms with Gasteiger partial charge < -0.3 is 18.9 Å². The molecule has 1 rings (SSSR count). The standard InChI is InChI=1S/C11H15N3O7/c1-5(15)19-8-4-18-11(13-14-12)10(21-7(3)17)9(8)20-6(2)16/h8-11H,4H2,1-3H3/t8-,9-,10-,11-/m0/s1. The van der Waals surface area contributed by atoms with Crippen LogP contribution in [-0.4, -0.2) is 49.1 Å². The number of azide groups is 1. The quantitative estimate of drug-likeness (QED) is 0.241. The summed E-state index contributed by atoms with van der Waals surface area (Å²) in [5, 5.41) is 3.34. The lowest BCUT2D eigenvalue weighted by molar-refractivity contribution is -0.224. The van der Waals surface area contributed by atoms with Crippen LogP contribution in [0.3, 0.4) is 0 Å². The average molecular weight is 301 g/mol. The summed E-state index contributed by atoms with van der Waals surface area (Å²) < 4.78 is 20.2. The van der Waals surface area contributed by atoms with Gasteiger partial charge in [-0.25, -0.2) is 0 Å².